The van der Waals surface area contributed by atoms with Crippen LogP contribution in [0.3, 0.4) is 0 Å². The van der Waals surface area contributed by atoms with Crippen molar-refractivity contribution < 1.29 is 19.8 Å². The molecule has 0 bridgehead atoms. The van der Waals surface area contributed by atoms with E-state index in [0.29, 0.717) is 0 Å². The fourth-order valence-corrected chi connectivity index (χ4v) is 0.129. The zero-order valence-electron chi connectivity index (χ0n) is 7.54. The van der Waals surface area contributed by atoms with Crippen molar-refractivity contribution in [1.29, 1.82) is 0 Å². The van der Waals surface area contributed by atoms with E-state index in [2.05, 4.69) is 6.92 Å². The average Bonchev–Trinajstić information content (AvgIpc) is 1.85. The molecule has 0 aromatic heterocycles. The minimum absolute atomic E-state index is 0. The Balaban J connectivity index is -0.000000142. The minimum atomic E-state index is -1.31. The zero-order chi connectivity index (χ0) is 9.28. The number of rotatable bonds is 3. The van der Waals surface area contributed by atoms with Crippen LogP contribution in [0.15, 0.2) is 0 Å². The summed E-state index contributed by atoms with van der Waals surface area (Å²) in [5.41, 5.74) is 0. The van der Waals surface area contributed by atoms with Crippen LogP contribution >= 0.6 is 0 Å². The van der Waals surface area contributed by atoms with Gasteiger partial charge in [-0.3, -0.25) is 9.59 Å². The van der Waals surface area contributed by atoms with Crippen molar-refractivity contribution in [3.63, 3.8) is 0 Å². The van der Waals surface area contributed by atoms with Gasteiger partial charge in [-0.1, -0.05) is 0 Å². The van der Waals surface area contributed by atoms with Crippen molar-refractivity contribution in [2.45, 2.75) is 23.4 Å². The van der Waals surface area contributed by atoms with Gasteiger partial charge < -0.3 is 16.4 Å². The molecule has 0 atom stereocenters. The molecule has 0 rings (SSSR count). The van der Waals surface area contributed by atoms with E-state index in [1.807, 2.05) is 0 Å². The summed E-state index contributed by atoms with van der Waals surface area (Å²) in [5, 5.41) is 15.4. The maximum Gasteiger partial charge on any atom is 0.314 e. The molecule has 0 aromatic carbocycles. The maximum absolute atomic E-state index is 9.43. The fraction of sp³-hybridized carbons (Fsp3) is 0.667. The van der Waals surface area contributed by atoms with Gasteiger partial charge in [0.05, 0.1) is 0 Å². The van der Waals surface area contributed by atoms with Crippen molar-refractivity contribution in [3.8, 4) is 0 Å². The molecule has 0 amide bonds. The second-order valence-corrected chi connectivity index (χ2v) is 2.96. The molecule has 12 heavy (non-hydrogen) atoms. The molecule has 0 fully saturated rings. The smallest absolute Gasteiger partial charge is 0.314 e. The topological polar surface area (TPSA) is 110 Å². The molecule has 5 N–H and O–H groups in total. The van der Waals surface area contributed by atoms with Crippen molar-refractivity contribution in [1.82, 2.24) is 6.15 Å². The molecule has 0 unspecified atom stereocenters. The number of aliphatic carboxylic acids is 2. The Labute approximate surface area is 89.2 Å². The molecule has 0 heterocycles. The van der Waals surface area contributed by atoms with Crippen molar-refractivity contribution in [2.24, 2.45) is 0 Å². The van der Waals surface area contributed by atoms with Crippen LogP contribution in [0.1, 0.15) is 19.8 Å². The number of carboxylic acids is 2. The summed E-state index contributed by atoms with van der Waals surface area (Å²) in [6.07, 6.45) is 0.576. The summed E-state index contributed by atoms with van der Waals surface area (Å²) in [4.78, 5) is 18.9. The molecule has 0 saturated heterocycles. The van der Waals surface area contributed by atoms with Gasteiger partial charge in [0.2, 0.25) is 0 Å². The first kappa shape index (κ1) is 17.8. The Bertz CT molecular complexity index is 115. The van der Waals surface area contributed by atoms with Gasteiger partial charge in [-0.05, 0) is 0 Å². The standard InChI is InChI=1S/C3H4O4.C3H7.H3N.Na/c4-2(5)1-3(6)7;1-3-2;;/h1H2,(H,4,5)(H,6,7);1,3H2,2H3;1H3;. The first-order valence-corrected chi connectivity index (χ1v) is 4.89. The van der Waals surface area contributed by atoms with Crippen LogP contribution in [-0.2, 0) is 9.59 Å². The molecule has 0 aliphatic carbocycles. The summed E-state index contributed by atoms with van der Waals surface area (Å²) in [7, 11) is 0. The van der Waals surface area contributed by atoms with Gasteiger partial charge in [-0.2, -0.15) is 0 Å². The predicted octanol–water partition coefficient (Wildman–Crippen LogP) is 0.691. The summed E-state index contributed by atoms with van der Waals surface area (Å²) >= 11 is 1.39. The molecule has 6 heteroatoms. The van der Waals surface area contributed by atoms with Gasteiger partial charge in [-0.25, -0.2) is 0 Å². The largest absolute Gasteiger partial charge is 0.481 e. The number of hydrogen-bond donors (Lipinski definition) is 3. The first-order chi connectivity index (χ1) is 5.04. The molecule has 0 radical (unpaired) electrons. The van der Waals surface area contributed by atoms with Crippen molar-refractivity contribution >= 4 is 39.9 Å². The van der Waals surface area contributed by atoms with Gasteiger partial charge in [0.25, 0.3) is 0 Å². The van der Waals surface area contributed by atoms with E-state index in [4.69, 9.17) is 10.2 Å². The molecule has 0 aliphatic rings. The predicted molar refractivity (Wildman–Crippen MR) is 45.8 cm³/mol. The third kappa shape index (κ3) is 32.7. The maximum atomic E-state index is 9.43. The SMILES string of the molecule is CC[CH2][Na].N.O=C(O)CC(=O)O. The summed E-state index contributed by atoms with van der Waals surface area (Å²) in [5.74, 6) is -2.62. The Kier molecular flexibility index (Phi) is 20.1. The van der Waals surface area contributed by atoms with Crippen molar-refractivity contribution in [3.05, 3.63) is 0 Å². The van der Waals surface area contributed by atoms with E-state index in [9.17, 15) is 9.59 Å². The number of carbonyl (C=O) groups is 2. The van der Waals surface area contributed by atoms with Crippen LogP contribution in [0.2, 0.25) is 3.67 Å². The van der Waals surface area contributed by atoms with Crippen LogP contribution < -0.4 is 6.15 Å². The molecule has 0 aromatic rings. The average molecular weight is 187 g/mol. The Morgan fingerprint density at radius 1 is 1.25 bits per heavy atom. The van der Waals surface area contributed by atoms with Crippen LogP contribution in [-0.4, -0.2) is 50.1 Å². The van der Waals surface area contributed by atoms with E-state index in [1.54, 1.807) is 0 Å². The number of hydrogen-bond acceptors (Lipinski definition) is 3. The molecule has 0 saturated carbocycles. The molecular formula is C6H14NNaO4. The minimum Gasteiger partial charge on any atom is -0.481 e. The van der Waals surface area contributed by atoms with Gasteiger partial charge in [0.1, 0.15) is 6.42 Å². The Hall–Kier alpha value is -0.100. The van der Waals surface area contributed by atoms with Crippen molar-refractivity contribution in [2.75, 3.05) is 0 Å². The molecular weight excluding hydrogens is 173 g/mol. The zero-order valence-corrected chi connectivity index (χ0v) is 9.54. The normalized spacial score (nSPS) is 7.25. The van der Waals surface area contributed by atoms with E-state index >= 15 is 0 Å². The summed E-state index contributed by atoms with van der Waals surface area (Å²) < 4.78 is 1.46. The van der Waals surface area contributed by atoms with Gasteiger partial charge in [0, 0.05) is 0 Å². The molecule has 68 valence electrons. The van der Waals surface area contributed by atoms with Gasteiger partial charge >= 0.3 is 56.9 Å². The third-order valence-electron chi connectivity index (χ3n) is 0.802. The van der Waals surface area contributed by atoms with E-state index in [1.165, 1.54) is 38.0 Å². The fourth-order valence-electron chi connectivity index (χ4n) is 0.129. The Morgan fingerprint density at radius 3 is 1.50 bits per heavy atom. The third-order valence-corrected chi connectivity index (χ3v) is 1.80. The van der Waals surface area contributed by atoms with E-state index < -0.39 is 18.4 Å². The van der Waals surface area contributed by atoms with Crippen LogP contribution in [0.5, 0.6) is 0 Å². The van der Waals surface area contributed by atoms with Crippen LogP contribution in [0, 0.1) is 0 Å². The summed E-state index contributed by atoms with van der Waals surface area (Å²) in [6.45, 7) is 2.22. The molecule has 5 nitrogen and oxygen atoms in total. The molecule has 0 aliphatic heterocycles. The Morgan fingerprint density at radius 2 is 1.50 bits per heavy atom. The number of carboxylic acid groups (broad SMARTS) is 2. The summed E-state index contributed by atoms with van der Waals surface area (Å²) in [6, 6.07) is 0. The second kappa shape index (κ2) is 13.5. The first-order valence-electron chi connectivity index (χ1n) is 3.48. The second-order valence-electron chi connectivity index (χ2n) is 1.96. The monoisotopic (exact) mass is 187 g/mol. The quantitative estimate of drug-likeness (QED) is 0.444. The van der Waals surface area contributed by atoms with Gasteiger partial charge in [0.15, 0.2) is 0 Å². The molecule has 0 spiro atoms. The van der Waals surface area contributed by atoms with Crippen LogP contribution in [0.25, 0.3) is 0 Å². The van der Waals surface area contributed by atoms with E-state index in [-0.39, 0.29) is 6.15 Å². The van der Waals surface area contributed by atoms with Crippen LogP contribution in [0.4, 0.5) is 0 Å². The van der Waals surface area contributed by atoms with E-state index in [0.717, 1.165) is 0 Å². The van der Waals surface area contributed by atoms with Gasteiger partial charge in [-0.15, -0.1) is 0 Å².